The van der Waals surface area contributed by atoms with Gasteiger partial charge < -0.3 is 19.3 Å². The number of anilines is 2. The number of rotatable bonds is 16. The van der Waals surface area contributed by atoms with Crippen molar-refractivity contribution in [2.75, 3.05) is 139 Å². The summed E-state index contributed by atoms with van der Waals surface area (Å²) in [5.74, 6) is 1.89. The molecule has 25 heteroatoms. The second kappa shape index (κ2) is 21.3. The zero-order chi connectivity index (χ0) is 52.1. The van der Waals surface area contributed by atoms with Crippen LogP contribution in [-0.2, 0) is 47.0 Å². The van der Waals surface area contributed by atoms with Gasteiger partial charge in [0.15, 0.2) is 17.4 Å². The molecule has 0 saturated carbocycles. The minimum absolute atomic E-state index is 0.362. The maximum absolute atomic E-state index is 14.9. The molecule has 0 amide bonds. The van der Waals surface area contributed by atoms with Crippen molar-refractivity contribution < 1.29 is 31.1 Å². The Morgan fingerprint density at radius 3 is 1.37 bits per heavy atom. The van der Waals surface area contributed by atoms with Crippen LogP contribution < -0.4 is 9.80 Å². The molecule has 2 aromatic carbocycles. The number of ketones is 1. The Morgan fingerprint density at radius 2 is 0.974 bits per heavy atom. The van der Waals surface area contributed by atoms with Gasteiger partial charge >= 0.3 is 0 Å². The molecule has 6 aromatic heterocycles. The van der Waals surface area contributed by atoms with E-state index in [-0.39, 0.29) is 17.3 Å². The zero-order valence-corrected chi connectivity index (χ0v) is 45.7. The average molecular weight is 1110 g/mol. The van der Waals surface area contributed by atoms with Crippen LogP contribution in [0, 0.1) is 0 Å². The Morgan fingerprint density at radius 1 is 0.566 bits per heavy atom. The number of nitrogens with one attached hydrogen (secondary N) is 2. The summed E-state index contributed by atoms with van der Waals surface area (Å²) in [5.41, 5.74) is 3.63. The quantitative estimate of drug-likeness (QED) is 0.140. The number of morpholine rings is 2. The van der Waals surface area contributed by atoms with Crippen LogP contribution in [0.25, 0.3) is 65.0 Å². The van der Waals surface area contributed by atoms with Gasteiger partial charge in [-0.2, -0.15) is 10.2 Å². The number of nitrogens with zero attached hydrogens (tertiary/aromatic N) is 12. The standard InChI is InChI=1S/C51H60N14O7S4/c1-75(67,68)31-43(62-13-9-60(10-14-62)29-33-25-37-48(64-17-21-71-22-18-64)54-46(56-50(37)73-33)35-5-3-7-41-39(35)27-52-58-41)45(66)44(32-76(2,69)70)63-15-11-61(12-16-63)30-34-26-38-49(65-19-23-72-24-20-65)55-47(57-51(38)74-34)36-6-4-8-42-40(36)28-53-59-42/h3-8,25-28,43-44H,9-24,29-32H2,1-2H3,(H,52,58)(H,53,59). The summed E-state index contributed by atoms with van der Waals surface area (Å²) in [6.07, 6.45) is 5.91. The lowest BCUT2D eigenvalue weighted by Gasteiger charge is -2.42. The number of thiophene rings is 2. The van der Waals surface area contributed by atoms with Crippen molar-refractivity contribution in [1.82, 2.24) is 59.9 Å². The van der Waals surface area contributed by atoms with Gasteiger partial charge in [0.1, 0.15) is 41.0 Å². The van der Waals surface area contributed by atoms with Gasteiger partial charge in [0.25, 0.3) is 0 Å². The van der Waals surface area contributed by atoms with Crippen LogP contribution in [0.5, 0.6) is 0 Å². The molecule has 0 bridgehead atoms. The molecule has 12 rings (SSSR count). The van der Waals surface area contributed by atoms with Gasteiger partial charge in [-0.25, -0.2) is 36.8 Å². The van der Waals surface area contributed by atoms with E-state index in [2.05, 4.69) is 52.1 Å². The van der Waals surface area contributed by atoms with E-state index in [1.54, 1.807) is 35.1 Å². The molecule has 8 aromatic rings. The Kier molecular flexibility index (Phi) is 14.4. The SMILES string of the molecule is CS(=O)(=O)CC(C(=O)C(CS(C)(=O)=O)N1CCN(Cc2cc3c(N4CCOCC4)nc(-c4cccc5[nH]ncc45)nc3s2)CC1)N1CCN(Cc2cc3c(N4CCOCC4)nc(-c4cccc5[nH]ncc45)nc3s2)CC1. The van der Waals surface area contributed by atoms with Crippen LogP contribution in [0.4, 0.5) is 11.6 Å². The summed E-state index contributed by atoms with van der Waals surface area (Å²) in [5, 5.41) is 18.5. The fourth-order valence-electron chi connectivity index (χ4n) is 11.1. The summed E-state index contributed by atoms with van der Waals surface area (Å²) in [6.45, 7) is 10.8. The number of piperazine rings is 2. The van der Waals surface area contributed by atoms with Crippen molar-refractivity contribution >= 4 is 102 Å². The van der Waals surface area contributed by atoms with Crippen LogP contribution in [0.1, 0.15) is 9.75 Å². The topological polar surface area (TPSA) is 232 Å². The number of H-pyrrole nitrogens is 2. The third-order valence-corrected chi connectivity index (χ3v) is 18.8. The molecule has 4 fully saturated rings. The predicted octanol–water partition coefficient (Wildman–Crippen LogP) is 3.79. The van der Waals surface area contributed by atoms with Gasteiger partial charge in [-0.1, -0.05) is 24.3 Å². The van der Waals surface area contributed by atoms with Gasteiger partial charge in [0, 0.05) is 136 Å². The molecule has 10 heterocycles. The van der Waals surface area contributed by atoms with Gasteiger partial charge in [0.05, 0.1) is 84.2 Å². The number of aromatic amines is 2. The molecule has 21 nitrogen and oxygen atoms in total. The Labute approximate surface area is 448 Å². The number of fused-ring (bicyclic) bond motifs is 4. The molecule has 400 valence electrons. The number of hydrogen-bond acceptors (Lipinski definition) is 21. The minimum atomic E-state index is -3.64. The van der Waals surface area contributed by atoms with Crippen molar-refractivity contribution in [1.29, 1.82) is 0 Å². The van der Waals surface area contributed by atoms with Crippen LogP contribution in [0.2, 0.25) is 0 Å². The lowest BCUT2D eigenvalue weighted by atomic mass is 10.0. The van der Waals surface area contributed by atoms with Crippen LogP contribution in [0.3, 0.4) is 0 Å². The molecule has 0 spiro atoms. The Hall–Kier alpha value is -5.61. The van der Waals surface area contributed by atoms with Gasteiger partial charge in [-0.15, -0.1) is 22.7 Å². The number of hydrogen-bond donors (Lipinski definition) is 2. The smallest absolute Gasteiger partial charge is 0.169 e. The van der Waals surface area contributed by atoms with E-state index in [4.69, 9.17) is 29.4 Å². The van der Waals surface area contributed by atoms with Crippen molar-refractivity contribution in [3.63, 3.8) is 0 Å². The molecular weight excluding hydrogens is 1050 g/mol. The molecule has 4 aliphatic heterocycles. The summed E-state index contributed by atoms with van der Waals surface area (Å²) in [7, 11) is -7.28. The second-order valence-corrected chi connectivity index (χ2v) is 26.9. The largest absolute Gasteiger partial charge is 0.378 e. The molecule has 4 aliphatic rings. The van der Waals surface area contributed by atoms with Crippen molar-refractivity contribution in [2.45, 2.75) is 25.2 Å². The van der Waals surface area contributed by atoms with Crippen LogP contribution in [-0.4, -0.2) is 224 Å². The maximum atomic E-state index is 14.9. The van der Waals surface area contributed by atoms with Crippen LogP contribution in [0.15, 0.2) is 60.9 Å². The van der Waals surface area contributed by atoms with Crippen LogP contribution >= 0.6 is 22.7 Å². The van der Waals surface area contributed by atoms with Gasteiger partial charge in [-0.3, -0.25) is 34.6 Å². The Bertz CT molecular complexity index is 3410. The summed E-state index contributed by atoms with van der Waals surface area (Å²) in [6, 6.07) is 14.3. The molecule has 2 unspecified atom stereocenters. The maximum Gasteiger partial charge on any atom is 0.169 e. The summed E-state index contributed by atoms with van der Waals surface area (Å²) in [4.78, 5) is 52.6. The number of Topliss-reactive ketones (excluding diaryl/α,β-unsaturated/α-hetero) is 1. The minimum Gasteiger partial charge on any atom is -0.378 e. The van der Waals surface area contributed by atoms with Crippen molar-refractivity contribution in [3.8, 4) is 22.8 Å². The molecule has 0 radical (unpaired) electrons. The van der Waals surface area contributed by atoms with E-state index in [0.29, 0.717) is 104 Å². The molecule has 2 atom stereocenters. The molecular formula is C51H60N14O7S4. The van der Waals surface area contributed by atoms with E-state index in [9.17, 15) is 21.6 Å². The highest BCUT2D eigenvalue weighted by Gasteiger charge is 2.40. The lowest BCUT2D eigenvalue weighted by Crippen LogP contribution is -2.61. The number of carbonyl (C=O) groups is 1. The molecule has 76 heavy (non-hydrogen) atoms. The van der Waals surface area contributed by atoms with E-state index in [1.807, 2.05) is 46.2 Å². The number of sulfone groups is 2. The molecule has 0 aliphatic carbocycles. The fourth-order valence-corrected chi connectivity index (χ4v) is 15.1. The number of aromatic nitrogens is 8. The first-order valence-corrected chi connectivity index (χ1v) is 31.5. The van der Waals surface area contributed by atoms with E-state index in [0.717, 1.165) is 113 Å². The second-order valence-electron chi connectivity index (χ2n) is 20.3. The first-order valence-electron chi connectivity index (χ1n) is 25.7. The number of ether oxygens (including phenoxy) is 2. The molecule has 4 saturated heterocycles. The van der Waals surface area contributed by atoms with E-state index < -0.39 is 31.8 Å². The van der Waals surface area contributed by atoms with Gasteiger partial charge in [-0.05, 0) is 24.3 Å². The number of carbonyl (C=O) groups excluding carboxylic acids is 1. The first-order chi connectivity index (χ1) is 36.8. The Balaban J connectivity index is 0.737. The van der Waals surface area contributed by atoms with Crippen molar-refractivity contribution in [2.24, 2.45) is 0 Å². The highest BCUT2D eigenvalue weighted by molar-refractivity contribution is 7.91. The zero-order valence-electron chi connectivity index (χ0n) is 42.4. The summed E-state index contributed by atoms with van der Waals surface area (Å²) < 4.78 is 63.9. The molecule has 2 N–H and O–H groups in total. The third-order valence-electron chi connectivity index (χ3n) is 15.0. The highest BCUT2D eigenvalue weighted by atomic mass is 32.2. The first kappa shape index (κ1) is 51.2. The fraction of sp³-hybridized carbons (Fsp3) is 0.471. The lowest BCUT2D eigenvalue weighted by molar-refractivity contribution is -0.129. The number of benzene rings is 2. The van der Waals surface area contributed by atoms with E-state index in [1.165, 1.54) is 0 Å². The predicted molar refractivity (Wildman–Crippen MR) is 297 cm³/mol. The summed E-state index contributed by atoms with van der Waals surface area (Å²) >= 11 is 3.27. The highest BCUT2D eigenvalue weighted by Crippen LogP contribution is 2.38. The van der Waals surface area contributed by atoms with Crippen molar-refractivity contribution in [3.05, 3.63) is 70.7 Å². The van der Waals surface area contributed by atoms with Gasteiger partial charge in [0.2, 0.25) is 0 Å². The third kappa shape index (κ3) is 11.0. The average Bonchev–Trinajstić information content (AvgIpc) is 4.26. The monoisotopic (exact) mass is 1110 g/mol. The normalized spacial score (nSPS) is 19.1. The van der Waals surface area contributed by atoms with E-state index >= 15 is 0 Å².